The van der Waals surface area contributed by atoms with E-state index >= 15 is 0 Å². The Balaban J connectivity index is 2.05. The number of benzene rings is 2. The van der Waals surface area contributed by atoms with E-state index in [2.05, 4.69) is 74.3 Å². The average Bonchev–Trinajstić information content (AvgIpc) is 2.98. The molecule has 0 spiro atoms. The molecule has 2 aromatic carbocycles. The van der Waals surface area contributed by atoms with Crippen LogP contribution in [0, 0.1) is 6.92 Å². The number of furan rings is 1. The summed E-state index contributed by atoms with van der Waals surface area (Å²) in [5, 5.41) is 2.35. The molecular weight excluding hydrogens is 272 g/mol. The number of rotatable bonds is 1. The molecule has 2 heterocycles. The fourth-order valence-electron chi connectivity index (χ4n) is 3.22. The summed E-state index contributed by atoms with van der Waals surface area (Å²) in [6.45, 7) is 6.58. The van der Waals surface area contributed by atoms with E-state index in [0.29, 0.717) is 0 Å². The highest BCUT2D eigenvalue weighted by Gasteiger charge is 2.35. The van der Waals surface area contributed by atoms with E-state index < -0.39 is 0 Å². The van der Waals surface area contributed by atoms with Crippen molar-refractivity contribution in [2.45, 2.75) is 26.4 Å². The van der Waals surface area contributed by atoms with Crippen LogP contribution >= 0.6 is 0 Å². The zero-order chi connectivity index (χ0) is 15.5. The minimum atomic E-state index is -0.113. The Morgan fingerprint density at radius 3 is 2.45 bits per heavy atom. The van der Waals surface area contributed by atoms with Gasteiger partial charge in [-0.15, -0.1) is 0 Å². The first-order chi connectivity index (χ1) is 10.5. The van der Waals surface area contributed by atoms with Gasteiger partial charge in [0.15, 0.2) is 5.58 Å². The first-order valence-electron chi connectivity index (χ1n) is 7.61. The van der Waals surface area contributed by atoms with Gasteiger partial charge in [0, 0.05) is 30.2 Å². The maximum absolute atomic E-state index is 6.21. The minimum Gasteiger partial charge on any atom is -0.454 e. The fourth-order valence-corrected chi connectivity index (χ4v) is 3.22. The van der Waals surface area contributed by atoms with Gasteiger partial charge in [-0.1, -0.05) is 30.3 Å². The molecule has 0 amide bonds. The van der Waals surface area contributed by atoms with Crippen LogP contribution in [-0.4, -0.2) is 17.6 Å². The summed E-state index contributed by atoms with van der Waals surface area (Å²) in [6.07, 6.45) is 4.25. The van der Waals surface area contributed by atoms with Gasteiger partial charge in [-0.2, -0.15) is 0 Å². The number of hydrogen-bond acceptors (Lipinski definition) is 3. The fraction of sp³-hybridized carbons (Fsp3) is 0.263. The van der Waals surface area contributed by atoms with Crippen molar-refractivity contribution in [1.82, 2.24) is 4.90 Å². The summed E-state index contributed by atoms with van der Waals surface area (Å²) in [4.78, 5) is 4.51. The molecule has 0 atom stereocenters. The molecule has 1 aromatic heterocycles. The SMILES string of the molecule is Cc1ccc2c(oc3ccccc32)c1N1C=CN(C)C1(C)C. The molecule has 22 heavy (non-hydrogen) atoms. The van der Waals surface area contributed by atoms with Gasteiger partial charge in [-0.3, -0.25) is 0 Å². The van der Waals surface area contributed by atoms with Crippen LogP contribution < -0.4 is 4.90 Å². The van der Waals surface area contributed by atoms with E-state index in [9.17, 15) is 0 Å². The van der Waals surface area contributed by atoms with Crippen LogP contribution in [0.3, 0.4) is 0 Å². The van der Waals surface area contributed by atoms with Gasteiger partial charge in [0.05, 0.1) is 5.69 Å². The molecule has 0 aliphatic carbocycles. The first kappa shape index (κ1) is 13.3. The largest absolute Gasteiger partial charge is 0.454 e. The number of aryl methyl sites for hydroxylation is 1. The second-order valence-corrected chi connectivity index (χ2v) is 6.48. The number of anilines is 1. The molecule has 0 saturated carbocycles. The third-order valence-electron chi connectivity index (χ3n) is 4.86. The van der Waals surface area contributed by atoms with Crippen LogP contribution in [0.2, 0.25) is 0 Å². The van der Waals surface area contributed by atoms with Gasteiger partial charge in [0.25, 0.3) is 0 Å². The van der Waals surface area contributed by atoms with Crippen LogP contribution in [0.4, 0.5) is 5.69 Å². The summed E-state index contributed by atoms with van der Waals surface area (Å²) < 4.78 is 6.21. The predicted octanol–water partition coefficient (Wildman–Crippen LogP) is 4.85. The third-order valence-corrected chi connectivity index (χ3v) is 4.86. The van der Waals surface area contributed by atoms with Crippen molar-refractivity contribution >= 4 is 27.6 Å². The standard InChI is InChI=1S/C19H20N2O/c1-13-9-10-15-14-7-5-6-8-16(14)22-18(15)17(13)21-12-11-20(4)19(21,2)3/h5-12H,1-4H3. The second-order valence-electron chi connectivity index (χ2n) is 6.48. The highest BCUT2D eigenvalue weighted by Crippen LogP contribution is 2.41. The topological polar surface area (TPSA) is 19.6 Å². The summed E-state index contributed by atoms with van der Waals surface area (Å²) in [7, 11) is 2.10. The zero-order valence-corrected chi connectivity index (χ0v) is 13.4. The zero-order valence-electron chi connectivity index (χ0n) is 13.4. The Morgan fingerprint density at radius 1 is 0.955 bits per heavy atom. The maximum Gasteiger partial charge on any atom is 0.159 e. The van der Waals surface area contributed by atoms with E-state index in [0.717, 1.165) is 16.9 Å². The monoisotopic (exact) mass is 292 g/mol. The maximum atomic E-state index is 6.21. The molecular formula is C19H20N2O. The van der Waals surface area contributed by atoms with E-state index in [1.807, 2.05) is 12.1 Å². The van der Waals surface area contributed by atoms with Crippen LogP contribution in [-0.2, 0) is 0 Å². The average molecular weight is 292 g/mol. The van der Waals surface area contributed by atoms with Crippen LogP contribution in [0.1, 0.15) is 19.4 Å². The van der Waals surface area contributed by atoms with Gasteiger partial charge in [0.1, 0.15) is 11.2 Å². The highest BCUT2D eigenvalue weighted by molar-refractivity contribution is 6.09. The van der Waals surface area contributed by atoms with E-state index in [4.69, 9.17) is 4.42 Å². The van der Waals surface area contributed by atoms with Crippen LogP contribution in [0.25, 0.3) is 21.9 Å². The van der Waals surface area contributed by atoms with Crippen molar-refractivity contribution in [3.63, 3.8) is 0 Å². The van der Waals surface area contributed by atoms with Crippen molar-refractivity contribution < 1.29 is 4.42 Å². The molecule has 112 valence electrons. The van der Waals surface area contributed by atoms with Crippen molar-refractivity contribution in [3.8, 4) is 0 Å². The Morgan fingerprint density at radius 2 is 1.73 bits per heavy atom. The molecule has 0 fully saturated rings. The van der Waals surface area contributed by atoms with Crippen LogP contribution in [0.5, 0.6) is 0 Å². The number of para-hydroxylation sites is 1. The lowest BCUT2D eigenvalue weighted by molar-refractivity contribution is 0.253. The van der Waals surface area contributed by atoms with Crippen molar-refractivity contribution in [2.24, 2.45) is 0 Å². The second kappa shape index (κ2) is 4.29. The Kier molecular flexibility index (Phi) is 2.59. The quantitative estimate of drug-likeness (QED) is 0.639. The highest BCUT2D eigenvalue weighted by atomic mass is 16.3. The summed E-state index contributed by atoms with van der Waals surface area (Å²) in [5.41, 5.74) is 4.17. The van der Waals surface area contributed by atoms with Crippen molar-refractivity contribution in [1.29, 1.82) is 0 Å². The van der Waals surface area contributed by atoms with Crippen molar-refractivity contribution in [3.05, 3.63) is 54.4 Å². The lowest BCUT2D eigenvalue weighted by Gasteiger charge is -2.38. The third kappa shape index (κ3) is 1.62. The van der Waals surface area contributed by atoms with E-state index in [1.54, 1.807) is 0 Å². The van der Waals surface area contributed by atoms with Gasteiger partial charge in [0.2, 0.25) is 0 Å². The molecule has 3 aromatic rings. The molecule has 4 rings (SSSR count). The van der Waals surface area contributed by atoms with Gasteiger partial charge in [-0.25, -0.2) is 0 Å². The number of nitrogens with zero attached hydrogens (tertiary/aromatic N) is 2. The van der Waals surface area contributed by atoms with E-state index in [1.165, 1.54) is 16.3 Å². The molecule has 0 unspecified atom stereocenters. The molecule has 0 N–H and O–H groups in total. The molecule has 3 heteroatoms. The molecule has 0 saturated heterocycles. The van der Waals surface area contributed by atoms with Crippen LogP contribution in [0.15, 0.2) is 53.2 Å². The molecule has 1 aliphatic heterocycles. The number of hydrogen-bond donors (Lipinski definition) is 0. The summed E-state index contributed by atoms with van der Waals surface area (Å²) in [6, 6.07) is 12.6. The first-order valence-corrected chi connectivity index (χ1v) is 7.61. The number of fused-ring (bicyclic) bond motifs is 3. The normalized spacial score (nSPS) is 17.1. The lowest BCUT2D eigenvalue weighted by atomic mass is 10.1. The molecule has 3 nitrogen and oxygen atoms in total. The smallest absolute Gasteiger partial charge is 0.159 e. The van der Waals surface area contributed by atoms with Gasteiger partial charge < -0.3 is 14.2 Å². The predicted molar refractivity (Wildman–Crippen MR) is 91.9 cm³/mol. The Hall–Kier alpha value is -2.42. The summed E-state index contributed by atoms with van der Waals surface area (Å²) in [5.74, 6) is 0. The Labute approximate surface area is 130 Å². The molecule has 0 radical (unpaired) electrons. The minimum absolute atomic E-state index is 0.113. The Bertz CT molecular complexity index is 904. The lowest BCUT2D eigenvalue weighted by Crippen LogP contribution is -2.46. The molecule has 0 bridgehead atoms. The van der Waals surface area contributed by atoms with Gasteiger partial charge in [-0.05, 0) is 32.4 Å². The molecule has 1 aliphatic rings. The van der Waals surface area contributed by atoms with Gasteiger partial charge >= 0.3 is 0 Å². The summed E-state index contributed by atoms with van der Waals surface area (Å²) >= 11 is 0. The van der Waals surface area contributed by atoms with Crippen molar-refractivity contribution in [2.75, 3.05) is 11.9 Å². The van der Waals surface area contributed by atoms with E-state index in [-0.39, 0.29) is 5.66 Å².